The van der Waals surface area contributed by atoms with E-state index in [0.717, 1.165) is 30.3 Å². The second-order valence-corrected chi connectivity index (χ2v) is 5.44. The smallest absolute Gasteiger partial charge is 0.0731 e. The minimum Gasteiger partial charge on any atom is -0.376 e. The van der Waals surface area contributed by atoms with Gasteiger partial charge in [0.25, 0.3) is 0 Å². The van der Waals surface area contributed by atoms with Gasteiger partial charge in [0.15, 0.2) is 0 Å². The standard InChI is InChI=1S/C14H22ClNO/c1-4-16-10-14(2,3)11-17-9-12-7-5-6-8-13(12)15/h5-8,16H,4,9-11H2,1-3H3. The van der Waals surface area contributed by atoms with Crippen molar-refractivity contribution in [3.63, 3.8) is 0 Å². The van der Waals surface area contributed by atoms with Crippen molar-refractivity contribution in [2.75, 3.05) is 19.7 Å². The first-order valence-electron chi connectivity index (χ1n) is 6.07. The number of nitrogens with one attached hydrogen (secondary N) is 1. The third-order valence-corrected chi connectivity index (χ3v) is 2.93. The molecule has 3 heteroatoms. The van der Waals surface area contributed by atoms with Gasteiger partial charge in [-0.1, -0.05) is 50.6 Å². The summed E-state index contributed by atoms with van der Waals surface area (Å²) in [5.74, 6) is 0. The van der Waals surface area contributed by atoms with Crippen LogP contribution in [0.5, 0.6) is 0 Å². The van der Waals surface area contributed by atoms with E-state index in [1.807, 2.05) is 24.3 Å². The first kappa shape index (κ1) is 14.5. The molecule has 0 aliphatic rings. The largest absolute Gasteiger partial charge is 0.376 e. The molecule has 0 atom stereocenters. The molecule has 0 aromatic heterocycles. The van der Waals surface area contributed by atoms with Crippen LogP contribution in [-0.2, 0) is 11.3 Å². The molecule has 0 saturated heterocycles. The molecule has 0 spiro atoms. The van der Waals surface area contributed by atoms with Crippen molar-refractivity contribution < 1.29 is 4.74 Å². The van der Waals surface area contributed by atoms with E-state index in [1.54, 1.807) is 0 Å². The number of rotatable bonds is 7. The minimum absolute atomic E-state index is 0.150. The maximum atomic E-state index is 6.07. The van der Waals surface area contributed by atoms with Crippen LogP contribution in [0.4, 0.5) is 0 Å². The van der Waals surface area contributed by atoms with Crippen LogP contribution in [0.15, 0.2) is 24.3 Å². The Balaban J connectivity index is 2.35. The van der Waals surface area contributed by atoms with Gasteiger partial charge in [0.2, 0.25) is 0 Å². The van der Waals surface area contributed by atoms with E-state index in [4.69, 9.17) is 16.3 Å². The summed E-state index contributed by atoms with van der Waals surface area (Å²) in [6.07, 6.45) is 0. The molecule has 17 heavy (non-hydrogen) atoms. The highest BCUT2D eigenvalue weighted by atomic mass is 35.5. The van der Waals surface area contributed by atoms with Crippen molar-refractivity contribution in [3.05, 3.63) is 34.9 Å². The molecule has 2 nitrogen and oxygen atoms in total. The van der Waals surface area contributed by atoms with Gasteiger partial charge in [0.05, 0.1) is 13.2 Å². The highest BCUT2D eigenvalue weighted by molar-refractivity contribution is 6.31. The monoisotopic (exact) mass is 255 g/mol. The van der Waals surface area contributed by atoms with Gasteiger partial charge in [0, 0.05) is 17.0 Å². The highest BCUT2D eigenvalue weighted by Crippen LogP contribution is 2.18. The molecule has 1 rings (SSSR count). The van der Waals surface area contributed by atoms with Crippen LogP contribution in [0.2, 0.25) is 5.02 Å². The molecule has 0 heterocycles. The molecule has 0 radical (unpaired) electrons. The third kappa shape index (κ3) is 5.53. The molecule has 0 amide bonds. The predicted octanol–water partition coefficient (Wildman–Crippen LogP) is 3.49. The average molecular weight is 256 g/mol. The summed E-state index contributed by atoms with van der Waals surface area (Å²) in [5, 5.41) is 4.12. The lowest BCUT2D eigenvalue weighted by Gasteiger charge is -2.24. The van der Waals surface area contributed by atoms with Crippen molar-refractivity contribution in [2.24, 2.45) is 5.41 Å². The van der Waals surface area contributed by atoms with E-state index in [2.05, 4.69) is 26.1 Å². The molecule has 96 valence electrons. The van der Waals surface area contributed by atoms with Crippen LogP contribution in [0.1, 0.15) is 26.3 Å². The topological polar surface area (TPSA) is 21.3 Å². The first-order chi connectivity index (χ1) is 8.05. The Kier molecular flexibility index (Phi) is 5.96. The SMILES string of the molecule is CCNCC(C)(C)COCc1ccccc1Cl. The summed E-state index contributed by atoms with van der Waals surface area (Å²) < 4.78 is 5.74. The van der Waals surface area contributed by atoms with Gasteiger partial charge in [-0.2, -0.15) is 0 Å². The zero-order valence-corrected chi connectivity index (χ0v) is 11.7. The molecule has 0 unspecified atom stereocenters. The van der Waals surface area contributed by atoms with E-state index in [0.29, 0.717) is 6.61 Å². The Bertz CT molecular complexity index is 339. The summed E-state index contributed by atoms with van der Waals surface area (Å²) in [7, 11) is 0. The number of hydrogen-bond donors (Lipinski definition) is 1. The van der Waals surface area contributed by atoms with Crippen LogP contribution >= 0.6 is 11.6 Å². The summed E-state index contributed by atoms with van der Waals surface area (Å²) in [6.45, 7) is 9.77. The third-order valence-electron chi connectivity index (χ3n) is 2.56. The van der Waals surface area contributed by atoms with Crippen molar-refractivity contribution in [3.8, 4) is 0 Å². The van der Waals surface area contributed by atoms with Crippen molar-refractivity contribution in [1.82, 2.24) is 5.32 Å². The molecule has 0 saturated carbocycles. The lowest BCUT2D eigenvalue weighted by Crippen LogP contribution is -2.33. The molecule has 1 aromatic carbocycles. The predicted molar refractivity (Wildman–Crippen MR) is 73.4 cm³/mol. The molecule has 0 bridgehead atoms. The van der Waals surface area contributed by atoms with Gasteiger partial charge in [-0.05, 0) is 18.2 Å². The van der Waals surface area contributed by atoms with E-state index in [1.165, 1.54) is 0 Å². The van der Waals surface area contributed by atoms with Crippen LogP contribution in [0.3, 0.4) is 0 Å². The molecule has 1 aromatic rings. The lowest BCUT2D eigenvalue weighted by molar-refractivity contribution is 0.0515. The average Bonchev–Trinajstić information content (AvgIpc) is 2.29. The molecule has 1 N–H and O–H groups in total. The summed E-state index contributed by atoms with van der Waals surface area (Å²) in [4.78, 5) is 0. The van der Waals surface area contributed by atoms with Crippen molar-refractivity contribution in [1.29, 1.82) is 0 Å². The Morgan fingerprint density at radius 3 is 2.65 bits per heavy atom. The molecule has 0 aliphatic heterocycles. The first-order valence-corrected chi connectivity index (χ1v) is 6.45. The lowest BCUT2D eigenvalue weighted by atomic mass is 9.95. The quantitative estimate of drug-likeness (QED) is 0.805. The number of benzene rings is 1. The van der Waals surface area contributed by atoms with Crippen molar-refractivity contribution >= 4 is 11.6 Å². The number of ether oxygens (including phenoxy) is 1. The second-order valence-electron chi connectivity index (χ2n) is 5.03. The molecule has 0 fully saturated rings. The van der Waals surface area contributed by atoms with Gasteiger partial charge < -0.3 is 10.1 Å². The molecule has 0 aliphatic carbocycles. The number of halogens is 1. The van der Waals surface area contributed by atoms with Crippen LogP contribution in [0, 0.1) is 5.41 Å². The normalized spacial score (nSPS) is 11.8. The Morgan fingerprint density at radius 1 is 1.29 bits per heavy atom. The zero-order chi connectivity index (χ0) is 12.7. The highest BCUT2D eigenvalue weighted by Gasteiger charge is 2.17. The van der Waals surface area contributed by atoms with Gasteiger partial charge in [-0.15, -0.1) is 0 Å². The van der Waals surface area contributed by atoms with E-state index < -0.39 is 0 Å². The van der Waals surface area contributed by atoms with Gasteiger partial charge >= 0.3 is 0 Å². The van der Waals surface area contributed by atoms with E-state index in [-0.39, 0.29) is 5.41 Å². The van der Waals surface area contributed by atoms with Gasteiger partial charge in [-0.25, -0.2) is 0 Å². The van der Waals surface area contributed by atoms with E-state index >= 15 is 0 Å². The summed E-state index contributed by atoms with van der Waals surface area (Å²) in [6, 6.07) is 7.80. The Hall–Kier alpha value is -0.570. The Labute approximate surface area is 109 Å². The maximum Gasteiger partial charge on any atom is 0.0731 e. The fourth-order valence-electron chi connectivity index (χ4n) is 1.57. The summed E-state index contributed by atoms with van der Waals surface area (Å²) in [5.41, 5.74) is 1.20. The minimum atomic E-state index is 0.150. The maximum absolute atomic E-state index is 6.07. The number of hydrogen-bond acceptors (Lipinski definition) is 2. The second kappa shape index (κ2) is 7.00. The fourth-order valence-corrected chi connectivity index (χ4v) is 1.76. The van der Waals surface area contributed by atoms with Crippen LogP contribution in [-0.4, -0.2) is 19.7 Å². The van der Waals surface area contributed by atoms with E-state index in [9.17, 15) is 0 Å². The fraction of sp³-hybridized carbons (Fsp3) is 0.571. The van der Waals surface area contributed by atoms with Crippen LogP contribution < -0.4 is 5.32 Å². The van der Waals surface area contributed by atoms with Crippen LogP contribution in [0.25, 0.3) is 0 Å². The Morgan fingerprint density at radius 2 is 2.00 bits per heavy atom. The van der Waals surface area contributed by atoms with Crippen molar-refractivity contribution in [2.45, 2.75) is 27.4 Å². The molecular formula is C14H22ClNO. The van der Waals surface area contributed by atoms with Gasteiger partial charge in [0.1, 0.15) is 0 Å². The zero-order valence-electron chi connectivity index (χ0n) is 10.9. The molecular weight excluding hydrogens is 234 g/mol. The van der Waals surface area contributed by atoms with Gasteiger partial charge in [-0.3, -0.25) is 0 Å². The summed E-state index contributed by atoms with van der Waals surface area (Å²) >= 11 is 6.07.